The van der Waals surface area contributed by atoms with Crippen LogP contribution in [0.4, 0.5) is 0 Å². The highest BCUT2D eigenvalue weighted by Gasteiger charge is 2.37. The van der Waals surface area contributed by atoms with E-state index >= 15 is 0 Å². The van der Waals surface area contributed by atoms with Crippen molar-refractivity contribution in [2.45, 2.75) is 45.7 Å². The number of fused-ring (bicyclic) bond motifs is 2. The van der Waals surface area contributed by atoms with Gasteiger partial charge in [-0.25, -0.2) is 0 Å². The van der Waals surface area contributed by atoms with E-state index in [1.807, 2.05) is 20.0 Å². The summed E-state index contributed by atoms with van der Waals surface area (Å²) in [6, 6.07) is 11.2. The maximum atomic E-state index is 12.4. The Balaban J connectivity index is 1.51. The Labute approximate surface area is 156 Å². The minimum absolute atomic E-state index is 0.106. The fraction of sp³-hybridized carbons (Fsp3) is 0.545. The van der Waals surface area contributed by atoms with Gasteiger partial charge in [-0.3, -0.25) is 14.7 Å². The van der Waals surface area contributed by atoms with Crippen molar-refractivity contribution >= 4 is 16.8 Å². The van der Waals surface area contributed by atoms with E-state index in [0.717, 1.165) is 38.1 Å². The lowest BCUT2D eigenvalue weighted by Gasteiger charge is -2.47. The number of hydrogen-bond acceptors (Lipinski definition) is 3. The van der Waals surface area contributed by atoms with E-state index in [0.29, 0.717) is 17.9 Å². The van der Waals surface area contributed by atoms with E-state index in [4.69, 9.17) is 0 Å². The van der Waals surface area contributed by atoms with E-state index in [1.165, 1.54) is 23.8 Å². The number of carbonyl (C=O) groups is 1. The first-order valence-electron chi connectivity index (χ1n) is 9.99. The van der Waals surface area contributed by atoms with Crippen LogP contribution in [0.5, 0.6) is 0 Å². The second-order valence-corrected chi connectivity index (χ2v) is 8.15. The van der Waals surface area contributed by atoms with Crippen molar-refractivity contribution in [3.05, 3.63) is 42.1 Å². The standard InChI is InChI=1S/C22H29N3O/c1-16(2)22(26)25-13-10-21-18(15-25)6-5-12-24(21)14-17-9-11-23-20-8-4-3-7-19(17)20/h3-4,7-9,11,16,18,21H,5-6,10,12-15H2,1-2H3/t18-,21-/m1/s1. The van der Waals surface area contributed by atoms with Crippen molar-refractivity contribution in [1.82, 2.24) is 14.8 Å². The molecule has 1 aromatic carbocycles. The lowest BCUT2D eigenvalue weighted by molar-refractivity contribution is -0.138. The molecule has 3 heterocycles. The van der Waals surface area contributed by atoms with Crippen LogP contribution in [0.2, 0.25) is 0 Å². The number of amides is 1. The van der Waals surface area contributed by atoms with E-state index in [1.54, 1.807) is 0 Å². The van der Waals surface area contributed by atoms with Gasteiger partial charge in [0.1, 0.15) is 0 Å². The quantitative estimate of drug-likeness (QED) is 0.846. The van der Waals surface area contributed by atoms with E-state index < -0.39 is 0 Å². The average Bonchev–Trinajstić information content (AvgIpc) is 2.67. The Morgan fingerprint density at radius 2 is 2.04 bits per heavy atom. The van der Waals surface area contributed by atoms with Gasteiger partial charge >= 0.3 is 0 Å². The molecule has 4 heteroatoms. The number of likely N-dealkylation sites (tertiary alicyclic amines) is 2. The maximum absolute atomic E-state index is 12.4. The summed E-state index contributed by atoms with van der Waals surface area (Å²) in [4.78, 5) is 21.7. The van der Waals surface area contributed by atoms with Crippen molar-refractivity contribution < 1.29 is 4.79 Å². The Morgan fingerprint density at radius 3 is 2.88 bits per heavy atom. The largest absolute Gasteiger partial charge is 0.342 e. The van der Waals surface area contributed by atoms with Gasteiger partial charge in [-0.15, -0.1) is 0 Å². The van der Waals surface area contributed by atoms with Crippen LogP contribution in [0.25, 0.3) is 10.9 Å². The number of pyridine rings is 1. The first-order chi connectivity index (χ1) is 12.6. The fourth-order valence-corrected chi connectivity index (χ4v) is 4.78. The zero-order valence-corrected chi connectivity index (χ0v) is 15.9. The molecule has 138 valence electrons. The van der Waals surface area contributed by atoms with Crippen LogP contribution in [-0.4, -0.2) is 46.4 Å². The van der Waals surface area contributed by atoms with Crippen LogP contribution >= 0.6 is 0 Å². The van der Waals surface area contributed by atoms with Gasteiger partial charge in [0.25, 0.3) is 0 Å². The number of para-hydroxylation sites is 1. The molecule has 2 aromatic rings. The summed E-state index contributed by atoms with van der Waals surface area (Å²) in [6.45, 7) is 8.02. The minimum atomic E-state index is 0.106. The second kappa shape index (κ2) is 7.36. The summed E-state index contributed by atoms with van der Waals surface area (Å²) in [5, 5.41) is 1.27. The molecule has 2 aliphatic heterocycles. The molecular weight excluding hydrogens is 322 g/mol. The highest BCUT2D eigenvalue weighted by molar-refractivity contribution is 5.81. The van der Waals surface area contributed by atoms with Crippen molar-refractivity contribution in [3.63, 3.8) is 0 Å². The van der Waals surface area contributed by atoms with Crippen molar-refractivity contribution in [3.8, 4) is 0 Å². The molecule has 4 nitrogen and oxygen atoms in total. The molecule has 4 rings (SSSR count). The van der Waals surface area contributed by atoms with Crippen LogP contribution < -0.4 is 0 Å². The Hall–Kier alpha value is -1.94. The Bertz CT molecular complexity index is 783. The molecule has 0 saturated carbocycles. The van der Waals surface area contributed by atoms with Crippen LogP contribution in [0, 0.1) is 11.8 Å². The normalized spacial score (nSPS) is 24.0. The predicted molar refractivity (Wildman–Crippen MR) is 105 cm³/mol. The van der Waals surface area contributed by atoms with Gasteiger partial charge < -0.3 is 4.90 Å². The van der Waals surface area contributed by atoms with Gasteiger partial charge in [-0.05, 0) is 49.4 Å². The minimum Gasteiger partial charge on any atom is -0.342 e. The van der Waals surface area contributed by atoms with Gasteiger partial charge in [0.2, 0.25) is 5.91 Å². The van der Waals surface area contributed by atoms with Gasteiger partial charge in [0.05, 0.1) is 5.52 Å². The zero-order chi connectivity index (χ0) is 18.1. The Kier molecular flexibility index (Phi) is 4.94. The number of hydrogen-bond donors (Lipinski definition) is 0. The predicted octanol–water partition coefficient (Wildman–Crippen LogP) is 3.70. The summed E-state index contributed by atoms with van der Waals surface area (Å²) < 4.78 is 0. The van der Waals surface area contributed by atoms with Crippen LogP contribution in [0.3, 0.4) is 0 Å². The second-order valence-electron chi connectivity index (χ2n) is 8.15. The van der Waals surface area contributed by atoms with Crippen molar-refractivity contribution in [2.75, 3.05) is 19.6 Å². The molecule has 0 spiro atoms. The summed E-state index contributed by atoms with van der Waals surface area (Å²) >= 11 is 0. The Morgan fingerprint density at radius 1 is 1.19 bits per heavy atom. The summed E-state index contributed by atoms with van der Waals surface area (Å²) in [5.41, 5.74) is 2.45. The molecule has 2 aliphatic rings. The van der Waals surface area contributed by atoms with Crippen LogP contribution in [-0.2, 0) is 11.3 Å². The zero-order valence-electron chi connectivity index (χ0n) is 15.9. The molecule has 0 N–H and O–H groups in total. The van der Waals surface area contributed by atoms with Crippen molar-refractivity contribution in [2.24, 2.45) is 11.8 Å². The molecule has 2 atom stereocenters. The highest BCUT2D eigenvalue weighted by Crippen LogP contribution is 2.33. The van der Waals surface area contributed by atoms with E-state index in [9.17, 15) is 4.79 Å². The highest BCUT2D eigenvalue weighted by atomic mass is 16.2. The maximum Gasteiger partial charge on any atom is 0.225 e. The third kappa shape index (κ3) is 3.35. The third-order valence-electron chi connectivity index (χ3n) is 6.10. The molecule has 0 aliphatic carbocycles. The average molecular weight is 351 g/mol. The first kappa shape index (κ1) is 17.5. The molecule has 0 radical (unpaired) electrons. The smallest absolute Gasteiger partial charge is 0.225 e. The number of rotatable bonds is 3. The first-order valence-corrected chi connectivity index (χ1v) is 9.99. The number of aromatic nitrogens is 1. The van der Waals surface area contributed by atoms with E-state index in [2.05, 4.69) is 45.1 Å². The van der Waals surface area contributed by atoms with Crippen LogP contribution in [0.15, 0.2) is 36.5 Å². The topological polar surface area (TPSA) is 36.4 Å². The molecular formula is C22H29N3O. The number of nitrogens with zero attached hydrogens (tertiary/aromatic N) is 3. The number of piperidine rings is 2. The van der Waals surface area contributed by atoms with Gasteiger partial charge in [0, 0.05) is 43.2 Å². The molecule has 2 fully saturated rings. The molecule has 1 aromatic heterocycles. The molecule has 2 saturated heterocycles. The van der Waals surface area contributed by atoms with Gasteiger partial charge in [-0.1, -0.05) is 32.0 Å². The number of benzene rings is 1. The lowest BCUT2D eigenvalue weighted by atomic mass is 9.83. The lowest BCUT2D eigenvalue weighted by Crippen LogP contribution is -2.55. The summed E-state index contributed by atoms with van der Waals surface area (Å²) in [7, 11) is 0. The summed E-state index contributed by atoms with van der Waals surface area (Å²) in [6.07, 6.45) is 5.52. The fourth-order valence-electron chi connectivity index (χ4n) is 4.78. The van der Waals surface area contributed by atoms with Crippen molar-refractivity contribution in [1.29, 1.82) is 0 Å². The summed E-state index contributed by atoms with van der Waals surface area (Å²) in [5.74, 6) is 1.04. The molecule has 0 bridgehead atoms. The molecule has 1 amide bonds. The molecule has 26 heavy (non-hydrogen) atoms. The van der Waals surface area contributed by atoms with Gasteiger partial charge in [0.15, 0.2) is 0 Å². The molecule has 0 unspecified atom stereocenters. The number of carbonyl (C=O) groups excluding carboxylic acids is 1. The monoisotopic (exact) mass is 351 g/mol. The van der Waals surface area contributed by atoms with Crippen LogP contribution in [0.1, 0.15) is 38.7 Å². The van der Waals surface area contributed by atoms with Gasteiger partial charge in [-0.2, -0.15) is 0 Å². The third-order valence-corrected chi connectivity index (χ3v) is 6.10. The van der Waals surface area contributed by atoms with E-state index in [-0.39, 0.29) is 5.92 Å². The SMILES string of the molecule is CC(C)C(=O)N1CC[C@@H]2[C@H](CCCN2Cc2ccnc3ccccc23)C1.